The maximum atomic E-state index is 12.0. The number of para-hydroxylation sites is 1. The Balaban J connectivity index is 1.75. The average Bonchev–Trinajstić information content (AvgIpc) is 2.99. The summed E-state index contributed by atoms with van der Waals surface area (Å²) in [5.41, 5.74) is 0.767. The molecule has 0 fully saturated rings. The first kappa shape index (κ1) is 13.1. The summed E-state index contributed by atoms with van der Waals surface area (Å²) in [4.78, 5) is 30.7. The van der Waals surface area contributed by atoms with Crippen molar-refractivity contribution in [1.29, 1.82) is 0 Å². The normalized spacial score (nSPS) is 10.7. The molecule has 106 valence electrons. The van der Waals surface area contributed by atoms with Crippen LogP contribution in [0.2, 0.25) is 0 Å². The molecule has 0 spiro atoms. The van der Waals surface area contributed by atoms with Gasteiger partial charge in [-0.25, -0.2) is 9.78 Å². The molecule has 21 heavy (non-hydrogen) atoms. The zero-order valence-corrected chi connectivity index (χ0v) is 11.1. The summed E-state index contributed by atoms with van der Waals surface area (Å²) in [6.07, 6.45) is 3.89. The number of amides is 1. The van der Waals surface area contributed by atoms with Crippen LogP contribution in [0.4, 0.5) is 0 Å². The van der Waals surface area contributed by atoms with Crippen molar-refractivity contribution in [2.45, 2.75) is 6.42 Å². The Morgan fingerprint density at radius 2 is 2.19 bits per heavy atom. The molecule has 3 rings (SSSR count). The lowest BCUT2D eigenvalue weighted by Crippen LogP contribution is -2.29. The number of nitrogens with zero attached hydrogens (tertiary/aromatic N) is 1. The van der Waals surface area contributed by atoms with E-state index in [-0.39, 0.29) is 5.56 Å². The number of aromatic nitrogens is 2. The summed E-state index contributed by atoms with van der Waals surface area (Å²) in [5, 5.41) is 3.41. The highest BCUT2D eigenvalue weighted by atomic mass is 16.4. The van der Waals surface area contributed by atoms with E-state index < -0.39 is 11.5 Å². The molecule has 2 aromatic heterocycles. The number of H-pyrrole nitrogens is 1. The topological polar surface area (TPSA) is 88.0 Å². The Hall–Kier alpha value is -2.89. The van der Waals surface area contributed by atoms with Crippen molar-refractivity contribution in [3.05, 3.63) is 64.5 Å². The third-order valence-corrected chi connectivity index (χ3v) is 3.12. The van der Waals surface area contributed by atoms with Gasteiger partial charge in [0.05, 0.1) is 6.33 Å². The van der Waals surface area contributed by atoms with Gasteiger partial charge in [0, 0.05) is 30.2 Å². The summed E-state index contributed by atoms with van der Waals surface area (Å²) in [6, 6.07) is 8.63. The number of benzene rings is 1. The quantitative estimate of drug-likeness (QED) is 0.710. The number of aromatic amines is 1. The van der Waals surface area contributed by atoms with Crippen LogP contribution in [0.25, 0.3) is 11.0 Å². The summed E-state index contributed by atoms with van der Waals surface area (Å²) in [5.74, 6) is -0.436. The van der Waals surface area contributed by atoms with Crippen LogP contribution >= 0.6 is 0 Å². The second-order valence-electron chi connectivity index (χ2n) is 4.57. The number of imidazole rings is 1. The third kappa shape index (κ3) is 2.84. The lowest BCUT2D eigenvalue weighted by Gasteiger charge is -2.04. The molecule has 2 heterocycles. The number of rotatable bonds is 4. The van der Waals surface area contributed by atoms with E-state index >= 15 is 0 Å². The first-order chi connectivity index (χ1) is 10.2. The van der Waals surface area contributed by atoms with Crippen molar-refractivity contribution in [3.63, 3.8) is 0 Å². The Kier molecular flexibility index (Phi) is 3.51. The fourth-order valence-electron chi connectivity index (χ4n) is 2.05. The molecule has 0 bridgehead atoms. The number of hydrogen-bond donors (Lipinski definition) is 2. The number of fused-ring (bicyclic) bond motifs is 1. The molecule has 0 atom stereocenters. The van der Waals surface area contributed by atoms with Crippen LogP contribution in [0.3, 0.4) is 0 Å². The highest BCUT2D eigenvalue weighted by Gasteiger charge is 2.13. The van der Waals surface area contributed by atoms with Crippen LogP contribution in [0.1, 0.15) is 16.1 Å². The van der Waals surface area contributed by atoms with Crippen LogP contribution in [0.15, 0.2) is 52.1 Å². The van der Waals surface area contributed by atoms with Crippen molar-refractivity contribution in [3.8, 4) is 0 Å². The van der Waals surface area contributed by atoms with Crippen LogP contribution in [0.5, 0.6) is 0 Å². The molecule has 0 aliphatic rings. The fourth-order valence-corrected chi connectivity index (χ4v) is 2.05. The predicted molar refractivity (Wildman–Crippen MR) is 77.1 cm³/mol. The van der Waals surface area contributed by atoms with E-state index in [1.807, 2.05) is 6.07 Å². The molecule has 6 nitrogen and oxygen atoms in total. The summed E-state index contributed by atoms with van der Waals surface area (Å²) in [6.45, 7) is 0.410. The van der Waals surface area contributed by atoms with Crippen LogP contribution in [0, 0.1) is 0 Å². The van der Waals surface area contributed by atoms with Gasteiger partial charge in [-0.2, -0.15) is 0 Å². The van der Waals surface area contributed by atoms with Gasteiger partial charge in [0.2, 0.25) is 0 Å². The van der Waals surface area contributed by atoms with Gasteiger partial charge < -0.3 is 14.7 Å². The minimum Gasteiger partial charge on any atom is -0.422 e. The molecule has 0 saturated heterocycles. The number of carbonyl (C=O) groups excluding carboxylic acids is 1. The third-order valence-electron chi connectivity index (χ3n) is 3.12. The van der Waals surface area contributed by atoms with Crippen molar-refractivity contribution < 1.29 is 9.21 Å². The second-order valence-corrected chi connectivity index (χ2v) is 4.57. The van der Waals surface area contributed by atoms with Gasteiger partial charge in [-0.3, -0.25) is 4.79 Å². The van der Waals surface area contributed by atoms with Gasteiger partial charge in [0.1, 0.15) is 11.1 Å². The second kappa shape index (κ2) is 5.62. The monoisotopic (exact) mass is 283 g/mol. The fraction of sp³-hybridized carbons (Fsp3) is 0.133. The lowest BCUT2D eigenvalue weighted by molar-refractivity contribution is 0.0950. The van der Waals surface area contributed by atoms with E-state index in [4.69, 9.17) is 4.42 Å². The number of nitrogens with one attached hydrogen (secondary N) is 2. The summed E-state index contributed by atoms with van der Waals surface area (Å²) in [7, 11) is 0. The molecule has 3 aromatic rings. The molecule has 2 N–H and O–H groups in total. The van der Waals surface area contributed by atoms with E-state index in [0.717, 1.165) is 11.1 Å². The van der Waals surface area contributed by atoms with Gasteiger partial charge in [0.15, 0.2) is 0 Å². The summed E-state index contributed by atoms with van der Waals surface area (Å²) < 4.78 is 5.13. The van der Waals surface area contributed by atoms with Gasteiger partial charge in [-0.15, -0.1) is 0 Å². The maximum absolute atomic E-state index is 12.0. The van der Waals surface area contributed by atoms with E-state index in [1.54, 1.807) is 36.8 Å². The van der Waals surface area contributed by atoms with Gasteiger partial charge in [0.25, 0.3) is 5.91 Å². The predicted octanol–water partition coefficient (Wildman–Crippen LogP) is 1.49. The first-order valence-corrected chi connectivity index (χ1v) is 6.52. The molecule has 1 aromatic carbocycles. The van der Waals surface area contributed by atoms with Gasteiger partial charge in [-0.05, 0) is 12.1 Å². The molecule has 1 amide bonds. The minimum absolute atomic E-state index is 0.0123. The van der Waals surface area contributed by atoms with Gasteiger partial charge >= 0.3 is 5.63 Å². The highest BCUT2D eigenvalue weighted by Crippen LogP contribution is 2.12. The standard InChI is InChI=1S/C15H13N3O3/c19-14(17-6-5-11-8-16-9-18-11)12-7-10-3-1-2-4-13(10)21-15(12)20/h1-4,7-9H,5-6H2,(H,16,18)(H,17,19). The molecule has 0 radical (unpaired) electrons. The number of hydrogen-bond acceptors (Lipinski definition) is 4. The smallest absolute Gasteiger partial charge is 0.349 e. The Morgan fingerprint density at radius 1 is 1.33 bits per heavy atom. The average molecular weight is 283 g/mol. The van der Waals surface area contributed by atoms with Gasteiger partial charge in [-0.1, -0.05) is 18.2 Å². The molecule has 0 aliphatic carbocycles. The number of carbonyl (C=O) groups is 1. The summed E-state index contributed by atoms with van der Waals surface area (Å²) >= 11 is 0. The largest absolute Gasteiger partial charge is 0.422 e. The van der Waals surface area contributed by atoms with E-state index in [1.165, 1.54) is 0 Å². The lowest BCUT2D eigenvalue weighted by atomic mass is 10.2. The zero-order chi connectivity index (χ0) is 14.7. The Morgan fingerprint density at radius 3 is 3.00 bits per heavy atom. The van der Waals surface area contributed by atoms with E-state index in [0.29, 0.717) is 18.5 Å². The molecule has 0 aliphatic heterocycles. The zero-order valence-electron chi connectivity index (χ0n) is 11.1. The van der Waals surface area contributed by atoms with Crippen LogP contribution in [-0.2, 0) is 6.42 Å². The Bertz CT molecular complexity index is 822. The minimum atomic E-state index is -0.632. The molecular weight excluding hydrogens is 270 g/mol. The van der Waals surface area contributed by atoms with E-state index in [2.05, 4.69) is 15.3 Å². The SMILES string of the molecule is O=C(NCCc1cnc[nH]1)c1cc2ccccc2oc1=O. The van der Waals surface area contributed by atoms with Crippen molar-refractivity contribution >= 4 is 16.9 Å². The van der Waals surface area contributed by atoms with Crippen LogP contribution in [-0.4, -0.2) is 22.4 Å². The van der Waals surface area contributed by atoms with Crippen molar-refractivity contribution in [1.82, 2.24) is 15.3 Å². The van der Waals surface area contributed by atoms with Crippen molar-refractivity contribution in [2.75, 3.05) is 6.54 Å². The van der Waals surface area contributed by atoms with Crippen molar-refractivity contribution in [2.24, 2.45) is 0 Å². The molecule has 0 unspecified atom stereocenters. The molecular formula is C15H13N3O3. The molecule has 0 saturated carbocycles. The Labute approximate surface area is 119 Å². The molecule has 6 heteroatoms. The van der Waals surface area contributed by atoms with E-state index in [9.17, 15) is 9.59 Å². The highest BCUT2D eigenvalue weighted by molar-refractivity contribution is 5.96. The maximum Gasteiger partial charge on any atom is 0.349 e. The van der Waals surface area contributed by atoms with Crippen LogP contribution < -0.4 is 10.9 Å². The first-order valence-electron chi connectivity index (χ1n) is 6.52.